The minimum absolute atomic E-state index is 0.0675. The van der Waals surface area contributed by atoms with Gasteiger partial charge in [-0.2, -0.15) is 0 Å². The first-order chi connectivity index (χ1) is 13.1. The SMILES string of the molecule is CN(C)c1cc(N2CC3(C2)OCCC3CCOc2ncccc2F)ncn1. The number of hydrogen-bond acceptors (Lipinski definition) is 7. The fraction of sp³-hybridized carbons (Fsp3) is 0.526. The predicted molar refractivity (Wildman–Crippen MR) is 99.7 cm³/mol. The Balaban J connectivity index is 1.34. The maximum Gasteiger partial charge on any atom is 0.250 e. The largest absolute Gasteiger partial charge is 0.476 e. The molecule has 2 saturated heterocycles. The summed E-state index contributed by atoms with van der Waals surface area (Å²) in [5, 5.41) is 0. The second-order valence-electron chi connectivity index (χ2n) is 7.31. The number of anilines is 2. The van der Waals surface area contributed by atoms with Crippen LogP contribution in [0.2, 0.25) is 0 Å². The molecule has 1 spiro atoms. The van der Waals surface area contributed by atoms with Crippen molar-refractivity contribution in [2.75, 3.05) is 50.2 Å². The number of nitrogens with zero attached hydrogens (tertiary/aromatic N) is 5. The van der Waals surface area contributed by atoms with E-state index < -0.39 is 5.82 Å². The van der Waals surface area contributed by atoms with Crippen molar-refractivity contribution < 1.29 is 13.9 Å². The summed E-state index contributed by atoms with van der Waals surface area (Å²) in [7, 11) is 3.93. The summed E-state index contributed by atoms with van der Waals surface area (Å²) in [5.74, 6) is 1.83. The summed E-state index contributed by atoms with van der Waals surface area (Å²) in [6.07, 6.45) is 4.94. The zero-order valence-electron chi connectivity index (χ0n) is 15.6. The molecule has 2 fully saturated rings. The van der Waals surface area contributed by atoms with Gasteiger partial charge in [0, 0.05) is 33.0 Å². The highest BCUT2D eigenvalue weighted by Gasteiger charge is 2.53. The molecule has 0 aromatic carbocycles. The van der Waals surface area contributed by atoms with Crippen LogP contribution in [0.1, 0.15) is 12.8 Å². The highest BCUT2D eigenvalue weighted by molar-refractivity contribution is 5.52. The van der Waals surface area contributed by atoms with Gasteiger partial charge in [0.25, 0.3) is 0 Å². The Hall–Kier alpha value is -2.48. The molecular formula is C19H24FN5O2. The third kappa shape index (κ3) is 3.53. The molecule has 2 aliphatic heterocycles. The average Bonchev–Trinajstić information content (AvgIpc) is 3.06. The van der Waals surface area contributed by atoms with Crippen LogP contribution in [0, 0.1) is 11.7 Å². The monoisotopic (exact) mass is 373 g/mol. The van der Waals surface area contributed by atoms with Gasteiger partial charge in [-0.05, 0) is 30.9 Å². The van der Waals surface area contributed by atoms with E-state index in [4.69, 9.17) is 9.47 Å². The van der Waals surface area contributed by atoms with Crippen LogP contribution in [0.5, 0.6) is 5.88 Å². The lowest BCUT2D eigenvalue weighted by molar-refractivity contribution is -0.0479. The van der Waals surface area contributed by atoms with Crippen molar-refractivity contribution in [3.8, 4) is 5.88 Å². The standard InChI is InChI=1S/C19H24FN5O2/c1-24(2)16-10-17(23-13-22-16)25-11-19(12-25)14(6-9-27-19)5-8-26-18-15(20)4-3-7-21-18/h3-4,7,10,13-14H,5-6,8-9,11-12H2,1-2H3. The fourth-order valence-electron chi connectivity index (χ4n) is 3.83. The Kier molecular flexibility index (Phi) is 4.82. The number of ether oxygens (including phenoxy) is 2. The number of aromatic nitrogens is 3. The van der Waals surface area contributed by atoms with E-state index in [0.717, 1.165) is 44.2 Å². The first kappa shape index (κ1) is 17.9. The number of halogens is 1. The molecule has 1 unspecified atom stereocenters. The number of pyridine rings is 1. The third-order valence-electron chi connectivity index (χ3n) is 5.37. The smallest absolute Gasteiger partial charge is 0.250 e. The maximum absolute atomic E-state index is 13.6. The fourth-order valence-corrected chi connectivity index (χ4v) is 3.83. The topological polar surface area (TPSA) is 63.6 Å². The molecule has 144 valence electrons. The summed E-state index contributed by atoms with van der Waals surface area (Å²) in [6.45, 7) is 2.80. The molecule has 0 N–H and O–H groups in total. The van der Waals surface area contributed by atoms with Gasteiger partial charge < -0.3 is 19.3 Å². The van der Waals surface area contributed by atoms with Crippen LogP contribution in [-0.2, 0) is 4.74 Å². The van der Waals surface area contributed by atoms with E-state index in [0.29, 0.717) is 12.5 Å². The van der Waals surface area contributed by atoms with E-state index >= 15 is 0 Å². The van der Waals surface area contributed by atoms with Crippen molar-refractivity contribution in [2.24, 2.45) is 5.92 Å². The highest BCUT2D eigenvalue weighted by Crippen LogP contribution is 2.43. The second-order valence-corrected chi connectivity index (χ2v) is 7.31. The molecule has 8 heteroatoms. The molecule has 27 heavy (non-hydrogen) atoms. The minimum Gasteiger partial charge on any atom is -0.476 e. The molecule has 2 aromatic heterocycles. The molecule has 1 atom stereocenters. The van der Waals surface area contributed by atoms with Crippen molar-refractivity contribution in [3.05, 3.63) is 36.5 Å². The van der Waals surface area contributed by atoms with Gasteiger partial charge in [-0.25, -0.2) is 19.3 Å². The summed E-state index contributed by atoms with van der Waals surface area (Å²) >= 11 is 0. The molecule has 4 heterocycles. The minimum atomic E-state index is -0.426. The van der Waals surface area contributed by atoms with Gasteiger partial charge in [0.1, 0.15) is 23.6 Å². The first-order valence-corrected chi connectivity index (χ1v) is 9.19. The van der Waals surface area contributed by atoms with Crippen LogP contribution in [-0.4, -0.2) is 61.0 Å². The molecule has 2 aromatic rings. The van der Waals surface area contributed by atoms with Gasteiger partial charge in [0.05, 0.1) is 19.7 Å². The number of rotatable bonds is 6. The normalized spacial score (nSPS) is 20.6. The second kappa shape index (κ2) is 7.26. The van der Waals surface area contributed by atoms with Crippen molar-refractivity contribution in [1.82, 2.24) is 15.0 Å². The zero-order valence-corrected chi connectivity index (χ0v) is 15.6. The zero-order chi connectivity index (χ0) is 18.9. The van der Waals surface area contributed by atoms with Gasteiger partial charge in [0.15, 0.2) is 5.82 Å². The van der Waals surface area contributed by atoms with Gasteiger partial charge in [-0.1, -0.05) is 0 Å². The van der Waals surface area contributed by atoms with Crippen molar-refractivity contribution >= 4 is 11.6 Å². The summed E-state index contributed by atoms with van der Waals surface area (Å²) in [5.41, 5.74) is -0.157. The van der Waals surface area contributed by atoms with Crippen LogP contribution < -0.4 is 14.5 Å². The Morgan fingerprint density at radius 3 is 2.96 bits per heavy atom. The van der Waals surface area contributed by atoms with E-state index in [1.54, 1.807) is 12.4 Å². The maximum atomic E-state index is 13.6. The van der Waals surface area contributed by atoms with E-state index in [9.17, 15) is 4.39 Å². The lowest BCUT2D eigenvalue weighted by Gasteiger charge is -2.50. The highest BCUT2D eigenvalue weighted by atomic mass is 19.1. The number of hydrogen-bond donors (Lipinski definition) is 0. The predicted octanol–water partition coefficient (Wildman–Crippen LogP) is 2.14. The van der Waals surface area contributed by atoms with E-state index in [1.807, 2.05) is 25.1 Å². The molecule has 0 bridgehead atoms. The molecule has 0 radical (unpaired) electrons. The molecule has 7 nitrogen and oxygen atoms in total. The van der Waals surface area contributed by atoms with Crippen LogP contribution in [0.3, 0.4) is 0 Å². The Morgan fingerprint density at radius 1 is 1.33 bits per heavy atom. The van der Waals surface area contributed by atoms with Gasteiger partial charge in [-0.15, -0.1) is 0 Å². The summed E-state index contributed by atoms with van der Waals surface area (Å²) < 4.78 is 25.3. The molecule has 2 aliphatic rings. The average molecular weight is 373 g/mol. The Labute approximate surface area is 158 Å². The summed E-state index contributed by atoms with van der Waals surface area (Å²) in [4.78, 5) is 16.8. The van der Waals surface area contributed by atoms with Gasteiger partial charge in [0.2, 0.25) is 5.88 Å². The Bertz CT molecular complexity index is 797. The first-order valence-electron chi connectivity index (χ1n) is 9.19. The Morgan fingerprint density at radius 2 is 2.19 bits per heavy atom. The molecule has 0 aliphatic carbocycles. The third-order valence-corrected chi connectivity index (χ3v) is 5.37. The lowest BCUT2D eigenvalue weighted by atomic mass is 9.79. The van der Waals surface area contributed by atoms with E-state index in [2.05, 4.69) is 19.9 Å². The lowest BCUT2D eigenvalue weighted by Crippen LogP contribution is -2.65. The molecular weight excluding hydrogens is 349 g/mol. The van der Waals surface area contributed by atoms with Crippen LogP contribution in [0.25, 0.3) is 0 Å². The van der Waals surface area contributed by atoms with Crippen molar-refractivity contribution in [3.63, 3.8) is 0 Å². The summed E-state index contributed by atoms with van der Waals surface area (Å²) in [6, 6.07) is 4.90. The molecule has 0 amide bonds. The van der Waals surface area contributed by atoms with Crippen LogP contribution >= 0.6 is 0 Å². The van der Waals surface area contributed by atoms with Gasteiger partial charge >= 0.3 is 0 Å². The van der Waals surface area contributed by atoms with E-state index in [1.165, 1.54) is 12.3 Å². The quantitative estimate of drug-likeness (QED) is 0.769. The van der Waals surface area contributed by atoms with Crippen molar-refractivity contribution in [2.45, 2.75) is 18.4 Å². The van der Waals surface area contributed by atoms with Crippen molar-refractivity contribution in [1.29, 1.82) is 0 Å². The van der Waals surface area contributed by atoms with Crippen LogP contribution in [0.15, 0.2) is 30.7 Å². The van der Waals surface area contributed by atoms with E-state index in [-0.39, 0.29) is 11.5 Å². The molecule has 0 saturated carbocycles. The molecule has 4 rings (SSSR count). The van der Waals surface area contributed by atoms with Crippen LogP contribution in [0.4, 0.5) is 16.0 Å². The van der Waals surface area contributed by atoms with Gasteiger partial charge in [-0.3, -0.25) is 0 Å².